The summed E-state index contributed by atoms with van der Waals surface area (Å²) in [6, 6.07) is 17.3. The summed E-state index contributed by atoms with van der Waals surface area (Å²) in [5.41, 5.74) is 3.76. The molecule has 0 N–H and O–H groups in total. The minimum absolute atomic E-state index is 0.0430. The van der Waals surface area contributed by atoms with Crippen LogP contribution in [0, 0.1) is 11.7 Å². The SMILES string of the molecule is CC(C)CN1C(=O)/C(=C\c2cc(Cl)c(OCc3cccc(F)c3)c(Cl)c2)c2ccccc21. The zero-order chi connectivity index (χ0) is 22.8. The molecule has 0 saturated heterocycles. The average Bonchev–Trinajstić information content (AvgIpc) is 2.99. The number of fused-ring (bicyclic) bond motifs is 1. The maximum absolute atomic E-state index is 13.4. The third-order valence-electron chi connectivity index (χ3n) is 5.11. The molecule has 6 heteroatoms. The topological polar surface area (TPSA) is 29.5 Å². The van der Waals surface area contributed by atoms with Crippen LogP contribution in [0.5, 0.6) is 5.75 Å². The van der Waals surface area contributed by atoms with Gasteiger partial charge in [0, 0.05) is 17.7 Å². The molecule has 0 bridgehead atoms. The van der Waals surface area contributed by atoms with Gasteiger partial charge in [0.15, 0.2) is 5.75 Å². The summed E-state index contributed by atoms with van der Waals surface area (Å²) >= 11 is 12.9. The first kappa shape index (κ1) is 22.4. The number of hydrogen-bond acceptors (Lipinski definition) is 2. The number of ether oxygens (including phenoxy) is 1. The molecule has 0 spiro atoms. The highest BCUT2D eigenvalue weighted by molar-refractivity contribution is 6.38. The van der Waals surface area contributed by atoms with E-state index in [0.29, 0.717) is 45.0 Å². The molecule has 1 heterocycles. The predicted molar refractivity (Wildman–Crippen MR) is 129 cm³/mol. The van der Waals surface area contributed by atoms with Gasteiger partial charge in [-0.3, -0.25) is 4.79 Å². The summed E-state index contributed by atoms with van der Waals surface area (Å²) in [7, 11) is 0. The lowest BCUT2D eigenvalue weighted by atomic mass is 10.0. The molecule has 0 atom stereocenters. The van der Waals surface area contributed by atoms with Gasteiger partial charge in [0.05, 0.1) is 15.7 Å². The zero-order valence-corrected chi connectivity index (χ0v) is 19.3. The third-order valence-corrected chi connectivity index (χ3v) is 5.67. The molecule has 0 unspecified atom stereocenters. The van der Waals surface area contributed by atoms with Crippen LogP contribution < -0.4 is 9.64 Å². The number of hydrogen-bond donors (Lipinski definition) is 0. The van der Waals surface area contributed by atoms with E-state index in [9.17, 15) is 9.18 Å². The number of carbonyl (C=O) groups is 1. The maximum atomic E-state index is 13.4. The smallest absolute Gasteiger partial charge is 0.259 e. The Hall–Kier alpha value is -2.82. The minimum Gasteiger partial charge on any atom is -0.486 e. The summed E-state index contributed by atoms with van der Waals surface area (Å²) in [5, 5.41) is 0.636. The van der Waals surface area contributed by atoms with Crippen LogP contribution >= 0.6 is 23.2 Å². The van der Waals surface area contributed by atoms with E-state index in [2.05, 4.69) is 13.8 Å². The molecule has 164 valence electrons. The second-order valence-electron chi connectivity index (χ2n) is 8.12. The van der Waals surface area contributed by atoms with E-state index in [1.165, 1.54) is 12.1 Å². The summed E-state index contributed by atoms with van der Waals surface area (Å²) in [4.78, 5) is 15.0. The van der Waals surface area contributed by atoms with Crippen molar-refractivity contribution in [1.29, 1.82) is 0 Å². The number of rotatable bonds is 6. The minimum atomic E-state index is -0.335. The average molecular weight is 470 g/mol. The fraction of sp³-hybridized carbons (Fsp3) is 0.192. The van der Waals surface area contributed by atoms with Crippen LogP contribution in [0.1, 0.15) is 30.5 Å². The van der Waals surface area contributed by atoms with E-state index < -0.39 is 0 Å². The van der Waals surface area contributed by atoms with Gasteiger partial charge >= 0.3 is 0 Å². The summed E-state index contributed by atoms with van der Waals surface area (Å²) in [6.45, 7) is 4.94. The van der Waals surface area contributed by atoms with Crippen molar-refractivity contribution in [1.82, 2.24) is 0 Å². The van der Waals surface area contributed by atoms with E-state index in [-0.39, 0.29) is 18.3 Å². The summed E-state index contributed by atoms with van der Waals surface area (Å²) in [6.07, 6.45) is 1.80. The molecule has 0 saturated carbocycles. The van der Waals surface area contributed by atoms with Crippen molar-refractivity contribution in [3.63, 3.8) is 0 Å². The van der Waals surface area contributed by atoms with E-state index in [4.69, 9.17) is 27.9 Å². The quantitative estimate of drug-likeness (QED) is 0.355. The van der Waals surface area contributed by atoms with Gasteiger partial charge in [-0.2, -0.15) is 0 Å². The number of para-hydroxylation sites is 1. The van der Waals surface area contributed by atoms with Crippen LogP contribution in [0.15, 0.2) is 60.7 Å². The highest BCUT2D eigenvalue weighted by Crippen LogP contribution is 2.40. The van der Waals surface area contributed by atoms with Crippen LogP contribution in [-0.4, -0.2) is 12.5 Å². The molecule has 0 aliphatic carbocycles. The molecular formula is C26H22Cl2FNO2. The van der Waals surface area contributed by atoms with Gasteiger partial charge < -0.3 is 9.64 Å². The number of nitrogens with zero attached hydrogens (tertiary/aromatic N) is 1. The lowest BCUT2D eigenvalue weighted by molar-refractivity contribution is -0.113. The van der Waals surface area contributed by atoms with Crippen molar-refractivity contribution in [2.45, 2.75) is 20.5 Å². The molecule has 1 amide bonds. The lowest BCUT2D eigenvalue weighted by Crippen LogP contribution is -2.30. The van der Waals surface area contributed by atoms with Gasteiger partial charge in [-0.25, -0.2) is 4.39 Å². The van der Waals surface area contributed by atoms with Crippen molar-refractivity contribution < 1.29 is 13.9 Å². The van der Waals surface area contributed by atoms with Crippen molar-refractivity contribution in [3.8, 4) is 5.75 Å². The first-order valence-electron chi connectivity index (χ1n) is 10.3. The Labute approximate surface area is 197 Å². The van der Waals surface area contributed by atoms with Crippen LogP contribution in [0.4, 0.5) is 10.1 Å². The largest absolute Gasteiger partial charge is 0.486 e. The van der Waals surface area contributed by atoms with Crippen LogP contribution in [0.2, 0.25) is 10.0 Å². The number of anilines is 1. The van der Waals surface area contributed by atoms with E-state index in [1.807, 2.05) is 29.2 Å². The van der Waals surface area contributed by atoms with Crippen LogP contribution in [0.25, 0.3) is 11.6 Å². The molecule has 3 aromatic rings. The Morgan fingerprint density at radius 2 is 1.75 bits per heavy atom. The second-order valence-corrected chi connectivity index (χ2v) is 8.93. The van der Waals surface area contributed by atoms with Gasteiger partial charge in [-0.05, 0) is 53.5 Å². The molecule has 1 aliphatic heterocycles. The van der Waals surface area contributed by atoms with Crippen molar-refractivity contribution in [3.05, 3.63) is 93.2 Å². The van der Waals surface area contributed by atoms with Gasteiger partial charge in [-0.15, -0.1) is 0 Å². The molecule has 4 rings (SSSR count). The standard InChI is InChI=1S/C26H22Cl2FNO2/c1-16(2)14-30-24-9-4-3-8-20(24)21(26(30)31)11-18-12-22(27)25(23(28)13-18)32-15-17-6-5-7-19(29)10-17/h3-13,16H,14-15H2,1-2H3/b21-11-. The molecular weight excluding hydrogens is 448 g/mol. The van der Waals surface area contributed by atoms with Gasteiger partial charge in [-0.1, -0.05) is 67.4 Å². The van der Waals surface area contributed by atoms with Crippen molar-refractivity contribution >= 4 is 46.4 Å². The highest BCUT2D eigenvalue weighted by Gasteiger charge is 2.32. The summed E-state index contributed by atoms with van der Waals surface area (Å²) < 4.78 is 19.1. The zero-order valence-electron chi connectivity index (χ0n) is 17.7. The molecule has 1 aliphatic rings. The van der Waals surface area contributed by atoms with Gasteiger partial charge in [0.2, 0.25) is 0 Å². The van der Waals surface area contributed by atoms with Gasteiger partial charge in [0.25, 0.3) is 5.91 Å². The Morgan fingerprint density at radius 1 is 1.03 bits per heavy atom. The molecule has 3 aromatic carbocycles. The predicted octanol–water partition coefficient (Wildman–Crippen LogP) is 7.25. The summed E-state index contributed by atoms with van der Waals surface area (Å²) in [5.74, 6) is 0.279. The maximum Gasteiger partial charge on any atom is 0.259 e. The van der Waals surface area contributed by atoms with Crippen LogP contribution in [0.3, 0.4) is 0 Å². The normalized spacial score (nSPS) is 14.4. The first-order chi connectivity index (χ1) is 15.3. The number of benzene rings is 3. The second kappa shape index (κ2) is 9.35. The fourth-order valence-electron chi connectivity index (χ4n) is 3.74. The van der Waals surface area contributed by atoms with E-state index in [0.717, 1.165) is 11.3 Å². The molecule has 0 aromatic heterocycles. The third kappa shape index (κ3) is 4.67. The number of halogens is 3. The van der Waals surface area contributed by atoms with Crippen molar-refractivity contribution in [2.75, 3.05) is 11.4 Å². The monoisotopic (exact) mass is 469 g/mol. The molecule has 0 fully saturated rings. The Bertz CT molecular complexity index is 1180. The molecule has 3 nitrogen and oxygen atoms in total. The Kier molecular flexibility index (Phi) is 6.54. The number of amides is 1. The number of carbonyl (C=O) groups excluding carboxylic acids is 1. The molecule has 32 heavy (non-hydrogen) atoms. The Morgan fingerprint density at radius 3 is 2.44 bits per heavy atom. The van der Waals surface area contributed by atoms with E-state index in [1.54, 1.807) is 30.3 Å². The van der Waals surface area contributed by atoms with Crippen molar-refractivity contribution in [2.24, 2.45) is 5.92 Å². The Balaban J connectivity index is 1.62. The fourth-order valence-corrected chi connectivity index (χ4v) is 4.36. The lowest BCUT2D eigenvalue weighted by Gasteiger charge is -2.19. The van der Waals surface area contributed by atoms with Gasteiger partial charge in [0.1, 0.15) is 12.4 Å². The molecule has 0 radical (unpaired) electrons. The highest BCUT2D eigenvalue weighted by atomic mass is 35.5. The van der Waals surface area contributed by atoms with Crippen LogP contribution in [-0.2, 0) is 11.4 Å². The van der Waals surface area contributed by atoms with E-state index >= 15 is 0 Å². The first-order valence-corrected chi connectivity index (χ1v) is 11.1.